The van der Waals surface area contributed by atoms with Crippen molar-refractivity contribution in [2.24, 2.45) is 11.8 Å². The van der Waals surface area contributed by atoms with Crippen molar-refractivity contribution in [2.45, 2.75) is 13.8 Å². The molecule has 0 radical (unpaired) electrons. The Kier molecular flexibility index (Phi) is 2.62. The van der Waals surface area contributed by atoms with Crippen LogP contribution in [-0.4, -0.2) is 38.1 Å². The molecule has 3 rings (SSSR count). The van der Waals surface area contributed by atoms with Crippen LogP contribution in [0.25, 0.3) is 0 Å². The summed E-state index contributed by atoms with van der Waals surface area (Å²) in [6, 6.07) is 6.69. The third-order valence-electron chi connectivity index (χ3n) is 4.59. The fourth-order valence-electron chi connectivity index (χ4n) is 3.50. The zero-order valence-corrected chi connectivity index (χ0v) is 11.1. The van der Waals surface area contributed by atoms with Gasteiger partial charge in [-0.25, -0.2) is 0 Å². The van der Waals surface area contributed by atoms with E-state index in [1.54, 1.807) is 0 Å². The molecule has 2 heteroatoms. The van der Waals surface area contributed by atoms with E-state index in [4.69, 9.17) is 0 Å². The Morgan fingerprint density at radius 3 is 2.29 bits per heavy atom. The van der Waals surface area contributed by atoms with Crippen LogP contribution in [-0.2, 0) is 0 Å². The van der Waals surface area contributed by atoms with Crippen LogP contribution in [0.4, 0.5) is 5.69 Å². The highest BCUT2D eigenvalue weighted by Crippen LogP contribution is 2.35. The zero-order chi connectivity index (χ0) is 12.0. The van der Waals surface area contributed by atoms with Crippen LogP contribution in [0.1, 0.15) is 11.1 Å². The maximum atomic E-state index is 2.60. The second-order valence-electron chi connectivity index (χ2n) is 5.87. The number of anilines is 1. The first-order valence-electron chi connectivity index (χ1n) is 6.65. The van der Waals surface area contributed by atoms with E-state index in [2.05, 4.69) is 48.9 Å². The first kappa shape index (κ1) is 11.1. The third kappa shape index (κ3) is 1.85. The van der Waals surface area contributed by atoms with Crippen LogP contribution in [0.2, 0.25) is 0 Å². The van der Waals surface area contributed by atoms with Gasteiger partial charge in [-0.15, -0.1) is 0 Å². The van der Waals surface area contributed by atoms with Gasteiger partial charge >= 0.3 is 0 Å². The standard InChI is InChI=1S/C15H22N2/c1-11-5-4-6-15(12(11)2)17-9-13-7-16(3)8-14(13)10-17/h4-6,13-14H,7-10H2,1-3H3. The van der Waals surface area contributed by atoms with Gasteiger partial charge in [0.1, 0.15) is 0 Å². The van der Waals surface area contributed by atoms with Gasteiger partial charge in [-0.3, -0.25) is 0 Å². The number of rotatable bonds is 1. The summed E-state index contributed by atoms with van der Waals surface area (Å²) >= 11 is 0. The quantitative estimate of drug-likeness (QED) is 0.730. The number of fused-ring (bicyclic) bond motifs is 1. The minimum atomic E-state index is 0.889. The van der Waals surface area contributed by atoms with E-state index >= 15 is 0 Å². The van der Waals surface area contributed by atoms with Gasteiger partial charge in [0.15, 0.2) is 0 Å². The molecule has 0 saturated carbocycles. The first-order valence-corrected chi connectivity index (χ1v) is 6.65. The monoisotopic (exact) mass is 230 g/mol. The second-order valence-corrected chi connectivity index (χ2v) is 5.87. The molecule has 0 aromatic heterocycles. The molecule has 2 aliphatic rings. The minimum absolute atomic E-state index is 0.889. The van der Waals surface area contributed by atoms with E-state index in [1.807, 2.05) is 0 Å². The van der Waals surface area contributed by atoms with Gasteiger partial charge in [0.05, 0.1) is 0 Å². The maximum Gasteiger partial charge on any atom is 0.0398 e. The highest BCUT2D eigenvalue weighted by atomic mass is 15.2. The normalized spacial score (nSPS) is 28.8. The summed E-state index contributed by atoms with van der Waals surface area (Å²) in [6.07, 6.45) is 0. The van der Waals surface area contributed by atoms with Gasteiger partial charge in [0.2, 0.25) is 0 Å². The van der Waals surface area contributed by atoms with Gasteiger partial charge in [0, 0.05) is 31.9 Å². The van der Waals surface area contributed by atoms with Gasteiger partial charge in [-0.05, 0) is 49.9 Å². The summed E-state index contributed by atoms with van der Waals surface area (Å²) in [5, 5.41) is 0. The topological polar surface area (TPSA) is 6.48 Å². The summed E-state index contributed by atoms with van der Waals surface area (Å²) in [5.74, 6) is 1.78. The molecule has 2 nitrogen and oxygen atoms in total. The van der Waals surface area contributed by atoms with Gasteiger partial charge in [-0.1, -0.05) is 12.1 Å². The van der Waals surface area contributed by atoms with Crippen LogP contribution < -0.4 is 4.90 Å². The highest BCUT2D eigenvalue weighted by Gasteiger charge is 2.38. The average Bonchev–Trinajstić information content (AvgIpc) is 2.79. The predicted molar refractivity (Wildman–Crippen MR) is 72.6 cm³/mol. The average molecular weight is 230 g/mol. The molecule has 2 fully saturated rings. The number of likely N-dealkylation sites (tertiary alicyclic amines) is 1. The summed E-state index contributed by atoms with van der Waals surface area (Å²) in [6.45, 7) is 9.53. The number of aryl methyl sites for hydroxylation is 1. The molecule has 2 atom stereocenters. The van der Waals surface area contributed by atoms with E-state index in [0.29, 0.717) is 0 Å². The van der Waals surface area contributed by atoms with Gasteiger partial charge in [-0.2, -0.15) is 0 Å². The molecular weight excluding hydrogens is 208 g/mol. The second kappa shape index (κ2) is 4.02. The van der Waals surface area contributed by atoms with Gasteiger partial charge in [0.25, 0.3) is 0 Å². The minimum Gasteiger partial charge on any atom is -0.371 e. The van der Waals surface area contributed by atoms with Crippen molar-refractivity contribution in [3.05, 3.63) is 29.3 Å². The fourth-order valence-corrected chi connectivity index (χ4v) is 3.50. The largest absolute Gasteiger partial charge is 0.371 e. The van der Waals surface area contributed by atoms with Crippen LogP contribution in [0.5, 0.6) is 0 Å². The Hall–Kier alpha value is -1.02. The number of hydrogen-bond acceptors (Lipinski definition) is 2. The molecule has 2 aliphatic heterocycles. The molecule has 1 aromatic rings. The number of nitrogens with zero attached hydrogens (tertiary/aromatic N) is 2. The van der Waals surface area contributed by atoms with Crippen LogP contribution >= 0.6 is 0 Å². The first-order chi connectivity index (χ1) is 8.15. The lowest BCUT2D eigenvalue weighted by Crippen LogP contribution is -2.27. The molecule has 0 N–H and O–H groups in total. The van der Waals surface area contributed by atoms with Crippen molar-refractivity contribution in [1.82, 2.24) is 4.90 Å². The summed E-state index contributed by atoms with van der Waals surface area (Å²) in [7, 11) is 2.25. The van der Waals surface area contributed by atoms with Crippen LogP contribution in [0.15, 0.2) is 18.2 Å². The Morgan fingerprint density at radius 2 is 1.65 bits per heavy atom. The number of benzene rings is 1. The highest BCUT2D eigenvalue weighted by molar-refractivity contribution is 5.56. The molecular formula is C15H22N2. The van der Waals surface area contributed by atoms with Crippen molar-refractivity contribution < 1.29 is 0 Å². The molecule has 0 spiro atoms. The van der Waals surface area contributed by atoms with Crippen molar-refractivity contribution in [3.63, 3.8) is 0 Å². The van der Waals surface area contributed by atoms with Crippen molar-refractivity contribution >= 4 is 5.69 Å². The predicted octanol–water partition coefficient (Wildman–Crippen LogP) is 2.30. The van der Waals surface area contributed by atoms with E-state index in [1.165, 1.54) is 43.0 Å². The van der Waals surface area contributed by atoms with E-state index in [-0.39, 0.29) is 0 Å². The Balaban J connectivity index is 1.82. The summed E-state index contributed by atoms with van der Waals surface area (Å²) in [4.78, 5) is 5.08. The Bertz CT molecular complexity index is 413. The van der Waals surface area contributed by atoms with E-state index in [0.717, 1.165) is 11.8 Å². The van der Waals surface area contributed by atoms with Crippen molar-refractivity contribution in [3.8, 4) is 0 Å². The van der Waals surface area contributed by atoms with Crippen molar-refractivity contribution in [1.29, 1.82) is 0 Å². The zero-order valence-electron chi connectivity index (χ0n) is 11.1. The maximum absolute atomic E-state index is 2.60. The molecule has 17 heavy (non-hydrogen) atoms. The smallest absolute Gasteiger partial charge is 0.0398 e. The number of hydrogen-bond donors (Lipinski definition) is 0. The van der Waals surface area contributed by atoms with Crippen molar-refractivity contribution in [2.75, 3.05) is 38.1 Å². The molecule has 0 bridgehead atoms. The molecule has 2 saturated heterocycles. The summed E-state index contributed by atoms with van der Waals surface area (Å²) < 4.78 is 0. The van der Waals surface area contributed by atoms with E-state index in [9.17, 15) is 0 Å². The molecule has 2 unspecified atom stereocenters. The molecule has 92 valence electrons. The van der Waals surface area contributed by atoms with Crippen LogP contribution in [0.3, 0.4) is 0 Å². The summed E-state index contributed by atoms with van der Waals surface area (Å²) in [5.41, 5.74) is 4.33. The van der Waals surface area contributed by atoms with Gasteiger partial charge < -0.3 is 9.80 Å². The SMILES string of the molecule is Cc1cccc(N2CC3CN(C)CC3C2)c1C. The van der Waals surface area contributed by atoms with Crippen LogP contribution in [0, 0.1) is 25.7 Å². The molecule has 0 amide bonds. The lowest BCUT2D eigenvalue weighted by molar-refractivity contribution is 0.387. The lowest BCUT2D eigenvalue weighted by atomic mass is 10.0. The Labute approximate surface area is 104 Å². The Morgan fingerprint density at radius 1 is 1.00 bits per heavy atom. The van der Waals surface area contributed by atoms with E-state index < -0.39 is 0 Å². The third-order valence-corrected chi connectivity index (χ3v) is 4.59. The molecule has 1 aromatic carbocycles. The molecule has 2 heterocycles. The lowest BCUT2D eigenvalue weighted by Gasteiger charge is -2.24. The fraction of sp³-hybridized carbons (Fsp3) is 0.600. The molecule has 0 aliphatic carbocycles.